The van der Waals surface area contributed by atoms with Crippen molar-refractivity contribution >= 4 is 11.7 Å². The molecule has 21 heavy (non-hydrogen) atoms. The summed E-state index contributed by atoms with van der Waals surface area (Å²) >= 11 is 0. The molecule has 104 valence electrons. The van der Waals surface area contributed by atoms with Crippen LogP contribution in [0.5, 0.6) is 0 Å². The van der Waals surface area contributed by atoms with Crippen molar-refractivity contribution in [2.24, 2.45) is 0 Å². The number of aryl methyl sites for hydroxylation is 1. The molecule has 0 spiro atoms. The molecule has 0 amide bonds. The van der Waals surface area contributed by atoms with Crippen molar-refractivity contribution in [1.82, 2.24) is 4.57 Å². The number of anilines is 1. The second-order valence-electron chi connectivity index (χ2n) is 4.39. The fourth-order valence-corrected chi connectivity index (χ4v) is 2.04. The fraction of sp³-hybridized carbons (Fsp3) is 0.133. The van der Waals surface area contributed by atoms with Crippen molar-refractivity contribution in [2.45, 2.75) is 6.92 Å². The van der Waals surface area contributed by atoms with Gasteiger partial charge in [0, 0.05) is 6.20 Å². The zero-order chi connectivity index (χ0) is 15.6. The van der Waals surface area contributed by atoms with Crippen LogP contribution >= 0.6 is 0 Å². The number of carbonyl (C=O) groups is 1. The summed E-state index contributed by atoms with van der Waals surface area (Å²) in [4.78, 5) is 11.9. The number of nitriles is 2. The van der Waals surface area contributed by atoms with E-state index in [2.05, 4.69) is 0 Å². The van der Waals surface area contributed by atoms with Crippen LogP contribution in [0.1, 0.15) is 27.2 Å². The lowest BCUT2D eigenvalue weighted by molar-refractivity contribution is 0.0593. The van der Waals surface area contributed by atoms with Gasteiger partial charge in [-0.2, -0.15) is 10.5 Å². The molecule has 0 radical (unpaired) electrons. The van der Waals surface area contributed by atoms with Crippen molar-refractivity contribution in [3.8, 4) is 17.8 Å². The number of benzene rings is 1. The first-order chi connectivity index (χ1) is 10.0. The van der Waals surface area contributed by atoms with Gasteiger partial charge in [-0.25, -0.2) is 4.79 Å². The first kappa shape index (κ1) is 14.2. The van der Waals surface area contributed by atoms with E-state index in [1.54, 1.807) is 18.2 Å². The van der Waals surface area contributed by atoms with Crippen LogP contribution in [0.3, 0.4) is 0 Å². The van der Waals surface area contributed by atoms with Gasteiger partial charge in [0.25, 0.3) is 0 Å². The zero-order valence-corrected chi connectivity index (χ0v) is 11.5. The highest BCUT2D eigenvalue weighted by atomic mass is 16.5. The Labute approximate surface area is 121 Å². The van der Waals surface area contributed by atoms with E-state index < -0.39 is 5.97 Å². The minimum absolute atomic E-state index is 0.0612. The molecule has 1 aromatic carbocycles. The average molecular weight is 280 g/mol. The van der Waals surface area contributed by atoms with E-state index in [-0.39, 0.29) is 16.9 Å². The number of hydrogen-bond acceptors (Lipinski definition) is 5. The van der Waals surface area contributed by atoms with Gasteiger partial charge in [0.05, 0.1) is 35.7 Å². The number of rotatable bonds is 2. The minimum atomic E-state index is -0.643. The highest BCUT2D eigenvalue weighted by Crippen LogP contribution is 2.26. The highest BCUT2D eigenvalue weighted by molar-refractivity contribution is 5.96. The van der Waals surface area contributed by atoms with Crippen LogP contribution in [0.2, 0.25) is 0 Å². The molecule has 0 bridgehead atoms. The average Bonchev–Trinajstić information content (AvgIpc) is 2.83. The van der Waals surface area contributed by atoms with Crippen LogP contribution in [0.4, 0.5) is 5.69 Å². The molecule has 1 aromatic heterocycles. The van der Waals surface area contributed by atoms with Gasteiger partial charge >= 0.3 is 5.97 Å². The summed E-state index contributed by atoms with van der Waals surface area (Å²) in [6.07, 6.45) is 1.46. The van der Waals surface area contributed by atoms with Crippen LogP contribution in [-0.4, -0.2) is 17.6 Å². The van der Waals surface area contributed by atoms with E-state index in [1.165, 1.54) is 17.9 Å². The van der Waals surface area contributed by atoms with Gasteiger partial charge in [-0.05, 0) is 24.6 Å². The second kappa shape index (κ2) is 5.40. The molecule has 6 nitrogen and oxygen atoms in total. The van der Waals surface area contributed by atoms with Crippen molar-refractivity contribution in [3.05, 3.63) is 46.8 Å². The smallest absolute Gasteiger partial charge is 0.357 e. The van der Waals surface area contributed by atoms with E-state index >= 15 is 0 Å². The summed E-state index contributed by atoms with van der Waals surface area (Å²) in [5.41, 5.74) is 8.03. The predicted octanol–water partition coefficient (Wildman–Crippen LogP) is 1.90. The molecule has 0 saturated carbocycles. The molecule has 6 heteroatoms. The summed E-state index contributed by atoms with van der Waals surface area (Å²) in [5.74, 6) is -0.643. The molecular weight excluding hydrogens is 268 g/mol. The quantitative estimate of drug-likeness (QED) is 0.846. The summed E-state index contributed by atoms with van der Waals surface area (Å²) < 4.78 is 6.20. The summed E-state index contributed by atoms with van der Waals surface area (Å²) in [5, 5.41) is 18.1. The topological polar surface area (TPSA) is 105 Å². The molecule has 0 aliphatic rings. The summed E-state index contributed by atoms with van der Waals surface area (Å²) in [6, 6.07) is 9.03. The predicted molar refractivity (Wildman–Crippen MR) is 75.7 cm³/mol. The van der Waals surface area contributed by atoms with Gasteiger partial charge in [0.1, 0.15) is 6.07 Å². The normalized spacial score (nSPS) is 9.71. The largest absolute Gasteiger partial charge is 0.464 e. The van der Waals surface area contributed by atoms with E-state index in [9.17, 15) is 4.79 Å². The molecule has 2 N–H and O–H groups in total. The summed E-state index contributed by atoms with van der Waals surface area (Å²) in [7, 11) is 1.24. The third-order valence-electron chi connectivity index (χ3n) is 3.14. The lowest BCUT2D eigenvalue weighted by Crippen LogP contribution is -2.12. The van der Waals surface area contributed by atoms with Gasteiger partial charge in [-0.1, -0.05) is 6.07 Å². The molecule has 0 atom stereocenters. The minimum Gasteiger partial charge on any atom is -0.464 e. The number of esters is 1. The number of aromatic nitrogens is 1. The molecule has 0 unspecified atom stereocenters. The Hall–Kier alpha value is -3.25. The maximum atomic E-state index is 11.9. The first-order valence-electron chi connectivity index (χ1n) is 6.03. The number of carbonyl (C=O) groups excluding carboxylic acids is 1. The molecule has 0 fully saturated rings. The third kappa shape index (κ3) is 2.31. The number of methoxy groups -OCH3 is 1. The Morgan fingerprint density at radius 2 is 2.05 bits per heavy atom. The van der Waals surface area contributed by atoms with Crippen LogP contribution in [0.25, 0.3) is 5.69 Å². The second-order valence-corrected chi connectivity index (χ2v) is 4.39. The van der Waals surface area contributed by atoms with Gasteiger partial charge in [-0.3, -0.25) is 0 Å². The molecule has 1 heterocycles. The molecule has 2 aromatic rings. The van der Waals surface area contributed by atoms with E-state index in [1.807, 2.05) is 19.1 Å². The molecular formula is C15H12N4O2. The Morgan fingerprint density at radius 1 is 1.33 bits per heavy atom. The third-order valence-corrected chi connectivity index (χ3v) is 3.14. The van der Waals surface area contributed by atoms with E-state index in [4.69, 9.17) is 21.0 Å². The molecule has 0 aliphatic carbocycles. The zero-order valence-electron chi connectivity index (χ0n) is 11.5. The van der Waals surface area contributed by atoms with Crippen LogP contribution in [0.15, 0.2) is 24.4 Å². The standard InChI is InChI=1S/C15H12N4O2/c1-9-3-4-10(6-16)5-12(9)19-8-11(7-17)13(18)14(19)15(20)21-2/h3-5,8H,18H2,1-2H3. The van der Waals surface area contributed by atoms with Gasteiger partial charge in [0.15, 0.2) is 5.69 Å². The monoisotopic (exact) mass is 280 g/mol. The number of nitrogens with zero attached hydrogens (tertiary/aromatic N) is 3. The number of nitrogens with two attached hydrogens (primary N) is 1. The number of ether oxygens (including phenoxy) is 1. The lowest BCUT2D eigenvalue weighted by atomic mass is 10.1. The van der Waals surface area contributed by atoms with Crippen molar-refractivity contribution in [2.75, 3.05) is 12.8 Å². The Balaban J connectivity index is 2.79. The van der Waals surface area contributed by atoms with Crippen LogP contribution in [-0.2, 0) is 4.74 Å². The SMILES string of the molecule is COC(=O)c1c(N)c(C#N)cn1-c1cc(C#N)ccc1C. The fourth-order valence-electron chi connectivity index (χ4n) is 2.04. The number of nitrogen functional groups attached to an aromatic ring is 1. The molecule has 0 aliphatic heterocycles. The Bertz CT molecular complexity index is 806. The van der Waals surface area contributed by atoms with Crippen molar-refractivity contribution in [3.63, 3.8) is 0 Å². The van der Waals surface area contributed by atoms with E-state index in [0.717, 1.165) is 5.56 Å². The Kier molecular flexibility index (Phi) is 3.64. The van der Waals surface area contributed by atoms with Crippen LogP contribution < -0.4 is 5.73 Å². The summed E-state index contributed by atoms with van der Waals surface area (Å²) in [6.45, 7) is 1.83. The van der Waals surface area contributed by atoms with Crippen molar-refractivity contribution in [1.29, 1.82) is 10.5 Å². The Morgan fingerprint density at radius 3 is 2.62 bits per heavy atom. The van der Waals surface area contributed by atoms with E-state index in [0.29, 0.717) is 11.3 Å². The highest BCUT2D eigenvalue weighted by Gasteiger charge is 2.22. The number of hydrogen-bond donors (Lipinski definition) is 1. The van der Waals surface area contributed by atoms with Gasteiger partial charge < -0.3 is 15.0 Å². The van der Waals surface area contributed by atoms with Gasteiger partial charge in [-0.15, -0.1) is 0 Å². The molecule has 2 rings (SSSR count). The maximum Gasteiger partial charge on any atom is 0.357 e. The lowest BCUT2D eigenvalue weighted by Gasteiger charge is -2.11. The maximum absolute atomic E-state index is 11.9. The van der Waals surface area contributed by atoms with Crippen LogP contribution in [0, 0.1) is 29.6 Å². The van der Waals surface area contributed by atoms with Gasteiger partial charge in [0.2, 0.25) is 0 Å². The molecule has 0 saturated heterocycles. The van der Waals surface area contributed by atoms with Crippen molar-refractivity contribution < 1.29 is 9.53 Å². The first-order valence-corrected chi connectivity index (χ1v) is 6.03.